The number of hydrogen-bond acceptors (Lipinski definition) is 4. The van der Waals surface area contributed by atoms with E-state index >= 15 is 0 Å². The molecule has 1 N–H and O–H groups in total. The number of halogens is 5. The first-order valence-corrected chi connectivity index (χ1v) is 9.73. The van der Waals surface area contributed by atoms with Gasteiger partial charge in [0.1, 0.15) is 5.82 Å². The number of piperidine rings is 1. The Morgan fingerprint density at radius 1 is 1.15 bits per heavy atom. The summed E-state index contributed by atoms with van der Waals surface area (Å²) in [6.07, 6.45) is -2.71. The van der Waals surface area contributed by atoms with Crippen molar-refractivity contribution in [1.29, 1.82) is 0 Å². The van der Waals surface area contributed by atoms with E-state index in [0.717, 1.165) is 37.0 Å². The molecule has 4 nitrogen and oxygen atoms in total. The smallest absolute Gasteiger partial charge is 0.366 e. The van der Waals surface area contributed by atoms with Crippen LogP contribution in [0.15, 0.2) is 36.4 Å². The molecular weight excluding hydrogens is 480 g/mol. The zero-order valence-corrected chi connectivity index (χ0v) is 16.6. The topological polar surface area (TPSA) is 41.0 Å². The fourth-order valence-corrected chi connectivity index (χ4v) is 4.08. The highest BCUT2D eigenvalue weighted by Gasteiger charge is 2.33. The molecule has 1 aliphatic heterocycles. The summed E-state index contributed by atoms with van der Waals surface area (Å²) in [4.78, 5) is 2.38. The first-order chi connectivity index (χ1) is 12.3. The fraction of sp³-hybridized carbons (Fsp3) is 0.412. The molecule has 2 atom stereocenters. The molecule has 0 amide bonds. The quantitative estimate of drug-likeness (QED) is 0.368. The van der Waals surface area contributed by atoms with Gasteiger partial charge in [-0.25, -0.2) is 0 Å². The molecule has 1 saturated heterocycles. The average molecular weight is 497 g/mol. The number of benzene rings is 1. The van der Waals surface area contributed by atoms with Crippen LogP contribution >= 0.6 is 34.2 Å². The summed E-state index contributed by atoms with van der Waals surface area (Å²) in [7, 11) is 0. The molecule has 0 aliphatic carbocycles. The van der Waals surface area contributed by atoms with Gasteiger partial charge in [0.05, 0.1) is 4.05 Å². The minimum atomic E-state index is -4.47. The molecule has 0 spiro atoms. The zero-order chi connectivity index (χ0) is 18.7. The Labute approximate surface area is 168 Å². The molecule has 1 aromatic heterocycles. The summed E-state index contributed by atoms with van der Waals surface area (Å²) in [6, 6.07) is 10.3. The Bertz CT molecular complexity index is 724. The lowest BCUT2D eigenvalue weighted by atomic mass is 10.0. The highest BCUT2D eigenvalue weighted by Crippen LogP contribution is 2.29. The van der Waals surface area contributed by atoms with Crippen LogP contribution in [0, 0.1) is 0 Å². The lowest BCUT2D eigenvalue weighted by Crippen LogP contribution is -2.43. The van der Waals surface area contributed by atoms with Crippen LogP contribution in [0.2, 0.25) is 5.02 Å². The van der Waals surface area contributed by atoms with Crippen LogP contribution in [0.4, 0.5) is 19.0 Å². The van der Waals surface area contributed by atoms with Gasteiger partial charge in [-0.05, 0) is 42.7 Å². The van der Waals surface area contributed by atoms with Crippen LogP contribution in [0.5, 0.6) is 0 Å². The predicted molar refractivity (Wildman–Crippen MR) is 103 cm³/mol. The molecule has 2 aromatic rings. The summed E-state index contributed by atoms with van der Waals surface area (Å²) in [6.45, 7) is 1.74. The van der Waals surface area contributed by atoms with E-state index in [1.807, 2.05) is 24.3 Å². The van der Waals surface area contributed by atoms with Crippen molar-refractivity contribution in [2.45, 2.75) is 35.7 Å². The molecule has 1 aliphatic rings. The fourth-order valence-electron chi connectivity index (χ4n) is 2.87. The third-order valence-corrected chi connectivity index (χ3v) is 5.79. The van der Waals surface area contributed by atoms with E-state index in [2.05, 4.69) is 43.0 Å². The number of likely N-dealkylation sites (tertiary alicyclic amines) is 1. The lowest BCUT2D eigenvalue weighted by Gasteiger charge is -2.37. The SMILES string of the molecule is FC(F)(F)c1ccc(NC2CCN(Cc3ccc(Cl)cc3)C(I)C2)nn1. The van der Waals surface area contributed by atoms with Gasteiger partial charge in [-0.1, -0.05) is 46.3 Å². The number of aromatic nitrogens is 2. The van der Waals surface area contributed by atoms with Crippen LogP contribution in [0.3, 0.4) is 0 Å². The normalized spacial score (nSPS) is 21.6. The maximum atomic E-state index is 12.5. The average Bonchev–Trinajstić information content (AvgIpc) is 2.59. The summed E-state index contributed by atoms with van der Waals surface area (Å²) in [5.74, 6) is 0.373. The Hall–Kier alpha value is -1.13. The second-order valence-corrected chi connectivity index (χ2v) is 8.07. The number of rotatable bonds is 4. The molecule has 2 heterocycles. The molecular formula is C17H17ClF3IN4. The molecule has 0 saturated carbocycles. The second-order valence-electron chi connectivity index (χ2n) is 6.20. The van der Waals surface area contributed by atoms with E-state index in [1.54, 1.807) is 0 Å². The number of hydrogen-bond donors (Lipinski definition) is 1. The number of nitrogens with zero attached hydrogens (tertiary/aromatic N) is 3. The third kappa shape index (κ3) is 5.20. The van der Waals surface area contributed by atoms with Gasteiger partial charge in [0.15, 0.2) is 5.69 Å². The van der Waals surface area contributed by atoms with E-state index in [1.165, 1.54) is 11.6 Å². The van der Waals surface area contributed by atoms with Crippen molar-refractivity contribution >= 4 is 40.0 Å². The van der Waals surface area contributed by atoms with E-state index in [-0.39, 0.29) is 6.04 Å². The van der Waals surface area contributed by atoms with Crippen molar-refractivity contribution < 1.29 is 13.2 Å². The first kappa shape index (κ1) is 19.6. The van der Waals surface area contributed by atoms with Crippen LogP contribution in [0.25, 0.3) is 0 Å². The summed E-state index contributed by atoms with van der Waals surface area (Å²) in [5, 5.41) is 10.8. The minimum absolute atomic E-state index is 0.157. The maximum Gasteiger partial charge on any atom is 0.435 e. The molecule has 0 radical (unpaired) electrons. The van der Waals surface area contributed by atoms with Crippen LogP contribution in [-0.4, -0.2) is 31.7 Å². The van der Waals surface area contributed by atoms with E-state index in [9.17, 15) is 13.2 Å². The molecule has 2 unspecified atom stereocenters. The number of anilines is 1. The Balaban J connectivity index is 1.54. The zero-order valence-electron chi connectivity index (χ0n) is 13.7. The Morgan fingerprint density at radius 2 is 1.88 bits per heavy atom. The summed E-state index contributed by atoms with van der Waals surface area (Å²) in [5.41, 5.74) is 0.226. The van der Waals surface area contributed by atoms with Crippen molar-refractivity contribution in [2.75, 3.05) is 11.9 Å². The monoisotopic (exact) mass is 496 g/mol. The van der Waals surface area contributed by atoms with Crippen molar-refractivity contribution in [3.8, 4) is 0 Å². The molecule has 3 rings (SSSR count). The van der Waals surface area contributed by atoms with Gasteiger partial charge in [0, 0.05) is 24.2 Å². The molecule has 0 bridgehead atoms. The molecule has 1 fully saturated rings. The minimum Gasteiger partial charge on any atom is -0.366 e. The largest absolute Gasteiger partial charge is 0.435 e. The standard InChI is InChI=1S/C17H17ClF3IN4/c18-12-3-1-11(2-4-12)10-26-8-7-13(9-15(26)22)23-16-6-5-14(24-25-16)17(19,20)21/h1-6,13,15H,7-10H2,(H,23,25). The van der Waals surface area contributed by atoms with Gasteiger partial charge < -0.3 is 5.32 Å². The van der Waals surface area contributed by atoms with E-state index < -0.39 is 11.9 Å². The van der Waals surface area contributed by atoms with Crippen molar-refractivity contribution in [3.05, 3.63) is 52.7 Å². The van der Waals surface area contributed by atoms with Gasteiger partial charge in [-0.2, -0.15) is 13.2 Å². The van der Waals surface area contributed by atoms with Crippen LogP contribution < -0.4 is 5.32 Å². The highest BCUT2D eigenvalue weighted by molar-refractivity contribution is 14.1. The van der Waals surface area contributed by atoms with Crippen molar-refractivity contribution in [3.63, 3.8) is 0 Å². The third-order valence-electron chi connectivity index (χ3n) is 4.25. The highest BCUT2D eigenvalue weighted by atomic mass is 127. The van der Waals surface area contributed by atoms with Gasteiger partial charge in [0.2, 0.25) is 0 Å². The Morgan fingerprint density at radius 3 is 2.46 bits per heavy atom. The molecule has 26 heavy (non-hydrogen) atoms. The predicted octanol–water partition coefficient (Wildman–Crippen LogP) is 4.99. The van der Waals surface area contributed by atoms with Crippen LogP contribution in [0.1, 0.15) is 24.1 Å². The van der Waals surface area contributed by atoms with E-state index in [0.29, 0.717) is 9.87 Å². The molecule has 1 aromatic carbocycles. The maximum absolute atomic E-state index is 12.5. The first-order valence-electron chi connectivity index (χ1n) is 8.11. The molecule has 9 heteroatoms. The Kier molecular flexibility index (Phi) is 6.24. The number of alkyl halides is 4. The lowest BCUT2D eigenvalue weighted by molar-refractivity contribution is -0.141. The van der Waals surface area contributed by atoms with Crippen LogP contribution in [-0.2, 0) is 12.7 Å². The van der Waals surface area contributed by atoms with E-state index in [4.69, 9.17) is 11.6 Å². The summed E-state index contributed by atoms with van der Waals surface area (Å²) >= 11 is 8.32. The second kappa shape index (κ2) is 8.26. The van der Waals surface area contributed by atoms with Gasteiger partial charge in [-0.3, -0.25) is 4.90 Å². The number of nitrogens with one attached hydrogen (secondary N) is 1. The van der Waals surface area contributed by atoms with Crippen molar-refractivity contribution in [1.82, 2.24) is 15.1 Å². The van der Waals surface area contributed by atoms with Gasteiger partial charge in [-0.15, -0.1) is 10.2 Å². The summed E-state index contributed by atoms with van der Waals surface area (Å²) < 4.78 is 37.9. The van der Waals surface area contributed by atoms with Gasteiger partial charge >= 0.3 is 6.18 Å². The van der Waals surface area contributed by atoms with Gasteiger partial charge in [0.25, 0.3) is 0 Å². The molecule has 140 valence electrons. The van der Waals surface area contributed by atoms with Crippen molar-refractivity contribution in [2.24, 2.45) is 0 Å².